The number of fused-ring (bicyclic) bond motifs is 1. The number of hydrogen-bond acceptors (Lipinski definition) is 3. The van der Waals surface area contributed by atoms with Crippen LogP contribution >= 0.6 is 11.3 Å². The maximum Gasteiger partial charge on any atom is 0.409 e. The van der Waals surface area contributed by atoms with Gasteiger partial charge in [-0.1, -0.05) is 18.2 Å². The molecule has 0 bridgehead atoms. The van der Waals surface area contributed by atoms with Crippen molar-refractivity contribution in [2.24, 2.45) is 0 Å². The summed E-state index contributed by atoms with van der Waals surface area (Å²) in [6.45, 7) is 3.91. The van der Waals surface area contributed by atoms with Crippen LogP contribution in [-0.4, -0.2) is 30.7 Å². The normalized spacial score (nSPS) is 16.6. The zero-order valence-electron chi connectivity index (χ0n) is 11.7. The van der Waals surface area contributed by atoms with E-state index >= 15 is 0 Å². The van der Waals surface area contributed by atoms with Crippen LogP contribution < -0.4 is 0 Å². The Morgan fingerprint density at radius 2 is 2.10 bits per heavy atom. The van der Waals surface area contributed by atoms with E-state index in [0.717, 1.165) is 25.9 Å². The van der Waals surface area contributed by atoms with E-state index in [4.69, 9.17) is 4.74 Å². The van der Waals surface area contributed by atoms with Crippen molar-refractivity contribution in [2.45, 2.75) is 25.7 Å². The van der Waals surface area contributed by atoms with E-state index in [1.54, 1.807) is 0 Å². The summed E-state index contributed by atoms with van der Waals surface area (Å²) in [5.74, 6) is 0.582. The van der Waals surface area contributed by atoms with Gasteiger partial charge in [0.1, 0.15) is 0 Å². The van der Waals surface area contributed by atoms with E-state index in [-0.39, 0.29) is 6.09 Å². The van der Waals surface area contributed by atoms with Crippen molar-refractivity contribution in [1.82, 2.24) is 4.90 Å². The Labute approximate surface area is 123 Å². The molecule has 1 aliphatic rings. The molecule has 1 fully saturated rings. The van der Waals surface area contributed by atoms with E-state index in [0.29, 0.717) is 12.5 Å². The largest absolute Gasteiger partial charge is 0.450 e. The maximum absolute atomic E-state index is 11.7. The summed E-state index contributed by atoms with van der Waals surface area (Å²) in [5, 5.41) is 1.33. The number of rotatable bonds is 2. The third-order valence-electron chi connectivity index (χ3n) is 3.87. The average molecular weight is 289 g/mol. The van der Waals surface area contributed by atoms with Gasteiger partial charge < -0.3 is 9.64 Å². The SMILES string of the molecule is CCOC(=O)N1CCC(c2cc3ccccc3s2)CC1. The Morgan fingerprint density at radius 1 is 1.35 bits per heavy atom. The Bertz CT molecular complexity index is 566. The second kappa shape index (κ2) is 5.83. The lowest BCUT2D eigenvalue weighted by Crippen LogP contribution is -2.38. The van der Waals surface area contributed by atoms with Crippen molar-refractivity contribution in [3.63, 3.8) is 0 Å². The number of hydrogen-bond donors (Lipinski definition) is 0. The van der Waals surface area contributed by atoms with Gasteiger partial charge in [0.05, 0.1) is 6.61 Å². The Kier molecular flexibility index (Phi) is 3.92. The standard InChI is InChI=1S/C16H19NO2S/c1-2-19-16(18)17-9-7-12(8-10-17)15-11-13-5-3-4-6-14(13)20-15/h3-6,11-12H,2,7-10H2,1H3. The van der Waals surface area contributed by atoms with Gasteiger partial charge in [-0.25, -0.2) is 4.79 Å². The van der Waals surface area contributed by atoms with E-state index < -0.39 is 0 Å². The minimum absolute atomic E-state index is 0.165. The second-order valence-electron chi connectivity index (χ2n) is 5.15. The third kappa shape index (κ3) is 2.66. The highest BCUT2D eigenvalue weighted by molar-refractivity contribution is 7.19. The monoisotopic (exact) mass is 289 g/mol. The fourth-order valence-corrected chi connectivity index (χ4v) is 4.00. The maximum atomic E-state index is 11.7. The first-order valence-corrected chi connectivity index (χ1v) is 7.99. The molecule has 0 saturated carbocycles. The third-order valence-corrected chi connectivity index (χ3v) is 5.15. The first kappa shape index (κ1) is 13.4. The van der Waals surface area contributed by atoms with Gasteiger partial charge in [0, 0.05) is 22.7 Å². The molecule has 0 atom stereocenters. The summed E-state index contributed by atoms with van der Waals surface area (Å²) in [5.41, 5.74) is 0. The van der Waals surface area contributed by atoms with Gasteiger partial charge >= 0.3 is 6.09 Å². The Morgan fingerprint density at radius 3 is 2.80 bits per heavy atom. The molecule has 2 aromatic rings. The average Bonchev–Trinajstić information content (AvgIpc) is 2.91. The van der Waals surface area contributed by atoms with Crippen LogP contribution in [0.2, 0.25) is 0 Å². The van der Waals surface area contributed by atoms with Crippen LogP contribution in [0, 0.1) is 0 Å². The van der Waals surface area contributed by atoms with Crippen LogP contribution in [0.4, 0.5) is 4.79 Å². The molecule has 0 unspecified atom stereocenters. The lowest BCUT2D eigenvalue weighted by Gasteiger charge is -2.30. The van der Waals surface area contributed by atoms with Crippen molar-refractivity contribution in [1.29, 1.82) is 0 Å². The van der Waals surface area contributed by atoms with E-state index in [1.165, 1.54) is 15.0 Å². The lowest BCUT2D eigenvalue weighted by atomic mass is 9.95. The predicted molar refractivity (Wildman–Crippen MR) is 82.4 cm³/mol. The van der Waals surface area contributed by atoms with Gasteiger partial charge in [0.2, 0.25) is 0 Å². The second-order valence-corrected chi connectivity index (χ2v) is 6.26. The molecule has 1 aliphatic heterocycles. The minimum atomic E-state index is -0.165. The van der Waals surface area contributed by atoms with Crippen LogP contribution in [0.3, 0.4) is 0 Å². The molecule has 1 aromatic heterocycles. The molecular formula is C16H19NO2S. The zero-order chi connectivity index (χ0) is 13.9. The summed E-state index contributed by atoms with van der Waals surface area (Å²) in [4.78, 5) is 15.0. The summed E-state index contributed by atoms with van der Waals surface area (Å²) >= 11 is 1.89. The van der Waals surface area contributed by atoms with Gasteiger partial charge in [0.15, 0.2) is 0 Å². The molecule has 3 rings (SSSR count). The van der Waals surface area contributed by atoms with Crippen LogP contribution in [0.5, 0.6) is 0 Å². The number of benzene rings is 1. The molecule has 20 heavy (non-hydrogen) atoms. The molecule has 0 aliphatic carbocycles. The summed E-state index contributed by atoms with van der Waals surface area (Å²) in [6.07, 6.45) is 1.90. The van der Waals surface area contributed by atoms with Crippen LogP contribution in [0.15, 0.2) is 30.3 Å². The van der Waals surface area contributed by atoms with Gasteiger partial charge in [-0.3, -0.25) is 0 Å². The number of thiophene rings is 1. The van der Waals surface area contributed by atoms with Gasteiger partial charge in [-0.15, -0.1) is 11.3 Å². The van der Waals surface area contributed by atoms with Crippen molar-refractivity contribution in [2.75, 3.05) is 19.7 Å². The first-order chi connectivity index (χ1) is 9.78. The smallest absolute Gasteiger partial charge is 0.409 e. The molecule has 106 valence electrons. The molecule has 0 spiro atoms. The van der Waals surface area contributed by atoms with Crippen molar-refractivity contribution < 1.29 is 9.53 Å². The van der Waals surface area contributed by atoms with Gasteiger partial charge in [-0.05, 0) is 43.2 Å². The predicted octanol–water partition coefficient (Wildman–Crippen LogP) is 4.24. The highest BCUT2D eigenvalue weighted by atomic mass is 32.1. The Balaban J connectivity index is 1.67. The molecular weight excluding hydrogens is 270 g/mol. The van der Waals surface area contributed by atoms with Crippen LogP contribution in [0.1, 0.15) is 30.6 Å². The number of carbonyl (C=O) groups is 1. The number of likely N-dealkylation sites (tertiary alicyclic amines) is 1. The topological polar surface area (TPSA) is 29.5 Å². The summed E-state index contributed by atoms with van der Waals surface area (Å²) in [6, 6.07) is 10.8. The molecule has 1 saturated heterocycles. The summed E-state index contributed by atoms with van der Waals surface area (Å²) in [7, 11) is 0. The highest BCUT2D eigenvalue weighted by Gasteiger charge is 2.25. The summed E-state index contributed by atoms with van der Waals surface area (Å²) < 4.78 is 6.42. The van der Waals surface area contributed by atoms with Crippen LogP contribution in [0.25, 0.3) is 10.1 Å². The highest BCUT2D eigenvalue weighted by Crippen LogP contribution is 2.36. The number of nitrogens with zero attached hydrogens (tertiary/aromatic N) is 1. The number of piperidine rings is 1. The number of ether oxygens (including phenoxy) is 1. The molecule has 1 aromatic carbocycles. The van der Waals surface area contributed by atoms with E-state index in [1.807, 2.05) is 23.2 Å². The van der Waals surface area contributed by atoms with Gasteiger partial charge in [0.25, 0.3) is 0 Å². The van der Waals surface area contributed by atoms with E-state index in [9.17, 15) is 4.79 Å². The fraction of sp³-hybridized carbons (Fsp3) is 0.438. The molecule has 4 heteroatoms. The molecule has 0 radical (unpaired) electrons. The minimum Gasteiger partial charge on any atom is -0.450 e. The molecule has 2 heterocycles. The fourth-order valence-electron chi connectivity index (χ4n) is 2.76. The first-order valence-electron chi connectivity index (χ1n) is 7.18. The van der Waals surface area contributed by atoms with Crippen LogP contribution in [-0.2, 0) is 4.74 Å². The van der Waals surface area contributed by atoms with Gasteiger partial charge in [-0.2, -0.15) is 0 Å². The Hall–Kier alpha value is -1.55. The number of amides is 1. The molecule has 1 amide bonds. The zero-order valence-corrected chi connectivity index (χ0v) is 12.5. The quantitative estimate of drug-likeness (QED) is 0.827. The van der Waals surface area contributed by atoms with E-state index in [2.05, 4.69) is 30.3 Å². The van der Waals surface area contributed by atoms with Crippen molar-refractivity contribution >= 4 is 27.5 Å². The molecule has 3 nitrogen and oxygen atoms in total. The van der Waals surface area contributed by atoms with Crippen molar-refractivity contribution in [3.05, 3.63) is 35.2 Å². The molecule has 0 N–H and O–H groups in total. The lowest BCUT2D eigenvalue weighted by molar-refractivity contribution is 0.0972. The van der Waals surface area contributed by atoms with Crippen molar-refractivity contribution in [3.8, 4) is 0 Å². The number of carbonyl (C=O) groups excluding carboxylic acids is 1.